The maximum Gasteiger partial charge on any atom is 0.269 e. The third-order valence-electron chi connectivity index (χ3n) is 4.04. The number of aromatic hydroxyl groups is 1. The summed E-state index contributed by atoms with van der Waals surface area (Å²) in [6, 6.07) is 12.5. The number of carbonyl (C=O) groups is 1. The van der Waals surface area contributed by atoms with E-state index in [4.69, 9.17) is 11.5 Å². The lowest BCUT2D eigenvalue weighted by atomic mass is 10.0. The maximum absolute atomic E-state index is 11.8. The van der Waals surface area contributed by atoms with E-state index in [0.29, 0.717) is 17.1 Å². The topological polar surface area (TPSA) is 115 Å². The van der Waals surface area contributed by atoms with E-state index in [0.717, 1.165) is 16.7 Å². The number of anilines is 1. The third kappa shape index (κ3) is 3.01. The van der Waals surface area contributed by atoms with Crippen molar-refractivity contribution < 1.29 is 9.90 Å². The van der Waals surface area contributed by atoms with Gasteiger partial charge in [-0.3, -0.25) is 4.79 Å². The molecule has 0 saturated carbocycles. The quantitative estimate of drug-likeness (QED) is 0.681. The Kier molecular flexibility index (Phi) is 4.10. The molecule has 0 aliphatic heterocycles. The lowest BCUT2D eigenvalue weighted by Gasteiger charge is -2.14. The Morgan fingerprint density at radius 1 is 1.00 bits per heavy atom. The van der Waals surface area contributed by atoms with Gasteiger partial charge in [-0.25, -0.2) is 9.97 Å². The predicted octanol–water partition coefficient (Wildman–Crippen LogP) is 2.81. The minimum atomic E-state index is -0.728. The molecule has 5 N–H and O–H groups in total. The number of nitrogen functional groups attached to an aromatic ring is 1. The van der Waals surface area contributed by atoms with Crippen LogP contribution in [0, 0.1) is 13.8 Å². The molecule has 0 unspecified atom stereocenters. The van der Waals surface area contributed by atoms with Crippen LogP contribution in [0.3, 0.4) is 0 Å². The fourth-order valence-electron chi connectivity index (χ4n) is 2.67. The fourth-order valence-corrected chi connectivity index (χ4v) is 2.67. The molecule has 3 rings (SSSR count). The van der Waals surface area contributed by atoms with Crippen LogP contribution in [0.4, 0.5) is 5.69 Å². The molecule has 6 heteroatoms. The van der Waals surface area contributed by atoms with E-state index < -0.39 is 5.91 Å². The normalized spacial score (nSPS) is 10.6. The molecule has 0 spiro atoms. The van der Waals surface area contributed by atoms with E-state index in [1.54, 1.807) is 18.2 Å². The van der Waals surface area contributed by atoms with Crippen molar-refractivity contribution in [1.29, 1.82) is 0 Å². The SMILES string of the molecule is Cc1ccccc1-c1nc(C(N)=O)c(N)c(-c2cc(O)ccc2C)n1. The number of nitrogens with zero attached hydrogens (tertiary/aromatic N) is 2. The Labute approximate surface area is 145 Å². The molecule has 6 nitrogen and oxygen atoms in total. The van der Waals surface area contributed by atoms with E-state index in [1.165, 1.54) is 0 Å². The summed E-state index contributed by atoms with van der Waals surface area (Å²) in [6.07, 6.45) is 0. The molecule has 1 heterocycles. The number of phenols is 1. The van der Waals surface area contributed by atoms with Crippen LogP contribution in [0.5, 0.6) is 5.75 Å². The van der Waals surface area contributed by atoms with Crippen molar-refractivity contribution in [3.05, 3.63) is 59.3 Å². The van der Waals surface area contributed by atoms with Gasteiger partial charge in [-0.05, 0) is 37.1 Å². The van der Waals surface area contributed by atoms with Gasteiger partial charge in [0.25, 0.3) is 5.91 Å². The van der Waals surface area contributed by atoms with Gasteiger partial charge in [0.2, 0.25) is 0 Å². The monoisotopic (exact) mass is 334 g/mol. The molecule has 1 aromatic heterocycles. The second-order valence-electron chi connectivity index (χ2n) is 5.84. The molecule has 0 atom stereocenters. The van der Waals surface area contributed by atoms with Crippen molar-refractivity contribution in [2.45, 2.75) is 13.8 Å². The van der Waals surface area contributed by atoms with Gasteiger partial charge in [0, 0.05) is 11.1 Å². The maximum atomic E-state index is 11.8. The lowest BCUT2D eigenvalue weighted by Crippen LogP contribution is -2.18. The predicted molar refractivity (Wildman–Crippen MR) is 97.0 cm³/mol. The number of aromatic nitrogens is 2. The van der Waals surface area contributed by atoms with E-state index in [2.05, 4.69) is 9.97 Å². The molecule has 2 aromatic carbocycles. The van der Waals surface area contributed by atoms with Crippen molar-refractivity contribution in [2.24, 2.45) is 5.73 Å². The van der Waals surface area contributed by atoms with E-state index >= 15 is 0 Å². The van der Waals surface area contributed by atoms with Gasteiger partial charge in [-0.15, -0.1) is 0 Å². The number of phenolic OH excluding ortho intramolecular Hbond substituents is 1. The summed E-state index contributed by atoms with van der Waals surface area (Å²) in [4.78, 5) is 20.7. The Balaban J connectivity index is 2.34. The highest BCUT2D eigenvalue weighted by atomic mass is 16.3. The molecule has 0 radical (unpaired) electrons. The summed E-state index contributed by atoms with van der Waals surface area (Å²) < 4.78 is 0. The van der Waals surface area contributed by atoms with Gasteiger partial charge in [0.1, 0.15) is 5.75 Å². The van der Waals surface area contributed by atoms with Crippen LogP contribution in [0.1, 0.15) is 21.6 Å². The van der Waals surface area contributed by atoms with Crippen molar-refractivity contribution >= 4 is 11.6 Å². The van der Waals surface area contributed by atoms with Gasteiger partial charge in [0.15, 0.2) is 11.5 Å². The standard InChI is InChI=1S/C19H18N4O2/c1-10-5-3-4-6-13(10)19-22-16(15(20)17(23-19)18(21)25)14-9-12(24)8-7-11(14)2/h3-9,24H,20H2,1-2H3,(H2,21,25). The molecule has 126 valence electrons. The molecular formula is C19H18N4O2. The van der Waals surface area contributed by atoms with Crippen molar-refractivity contribution in [2.75, 3.05) is 5.73 Å². The third-order valence-corrected chi connectivity index (χ3v) is 4.04. The first-order valence-corrected chi connectivity index (χ1v) is 7.71. The van der Waals surface area contributed by atoms with Gasteiger partial charge in [-0.2, -0.15) is 0 Å². The summed E-state index contributed by atoms with van der Waals surface area (Å²) in [5.41, 5.74) is 15.2. The van der Waals surface area contributed by atoms with Gasteiger partial charge < -0.3 is 16.6 Å². The number of rotatable bonds is 3. The van der Waals surface area contributed by atoms with Crippen LogP contribution >= 0.6 is 0 Å². The van der Waals surface area contributed by atoms with Gasteiger partial charge >= 0.3 is 0 Å². The average Bonchev–Trinajstić information content (AvgIpc) is 2.58. The van der Waals surface area contributed by atoms with E-state index in [-0.39, 0.29) is 17.1 Å². The molecule has 1 amide bonds. The summed E-state index contributed by atoms with van der Waals surface area (Å²) >= 11 is 0. The number of aryl methyl sites for hydroxylation is 2. The van der Waals surface area contributed by atoms with Crippen molar-refractivity contribution in [3.63, 3.8) is 0 Å². The van der Waals surface area contributed by atoms with Crippen LogP contribution in [-0.4, -0.2) is 21.0 Å². The van der Waals surface area contributed by atoms with Crippen LogP contribution in [0.25, 0.3) is 22.6 Å². The van der Waals surface area contributed by atoms with Crippen LogP contribution in [0.15, 0.2) is 42.5 Å². The zero-order chi connectivity index (χ0) is 18.1. The molecule has 0 saturated heterocycles. The molecular weight excluding hydrogens is 316 g/mol. The summed E-state index contributed by atoms with van der Waals surface area (Å²) in [6.45, 7) is 3.80. The first kappa shape index (κ1) is 16.4. The van der Waals surface area contributed by atoms with Crippen molar-refractivity contribution in [3.8, 4) is 28.4 Å². The first-order chi connectivity index (χ1) is 11.9. The fraction of sp³-hybridized carbons (Fsp3) is 0.105. The minimum Gasteiger partial charge on any atom is -0.508 e. The van der Waals surface area contributed by atoms with Gasteiger partial charge in [-0.1, -0.05) is 30.3 Å². The van der Waals surface area contributed by atoms with E-state index in [1.807, 2.05) is 38.1 Å². The molecule has 25 heavy (non-hydrogen) atoms. The highest BCUT2D eigenvalue weighted by Crippen LogP contribution is 2.33. The summed E-state index contributed by atoms with van der Waals surface area (Å²) in [7, 11) is 0. The Morgan fingerprint density at radius 3 is 2.36 bits per heavy atom. The minimum absolute atomic E-state index is 0.0361. The molecule has 0 aliphatic rings. The highest BCUT2D eigenvalue weighted by Gasteiger charge is 2.20. The molecule has 0 fully saturated rings. The highest BCUT2D eigenvalue weighted by molar-refractivity contribution is 5.99. The number of hydrogen-bond acceptors (Lipinski definition) is 5. The number of benzene rings is 2. The molecule has 0 bridgehead atoms. The number of nitrogens with two attached hydrogens (primary N) is 2. The Hall–Kier alpha value is -3.41. The molecule has 3 aromatic rings. The second kappa shape index (κ2) is 6.24. The van der Waals surface area contributed by atoms with Crippen LogP contribution < -0.4 is 11.5 Å². The lowest BCUT2D eigenvalue weighted by molar-refractivity contribution is 0.0996. The summed E-state index contributed by atoms with van der Waals surface area (Å²) in [5, 5.41) is 9.82. The number of amides is 1. The van der Waals surface area contributed by atoms with Crippen LogP contribution in [0.2, 0.25) is 0 Å². The van der Waals surface area contributed by atoms with Crippen LogP contribution in [-0.2, 0) is 0 Å². The average molecular weight is 334 g/mol. The number of carbonyl (C=O) groups excluding carboxylic acids is 1. The number of hydrogen-bond donors (Lipinski definition) is 3. The largest absolute Gasteiger partial charge is 0.508 e. The van der Waals surface area contributed by atoms with Crippen molar-refractivity contribution in [1.82, 2.24) is 9.97 Å². The molecule has 0 aliphatic carbocycles. The van der Waals surface area contributed by atoms with E-state index in [9.17, 15) is 9.90 Å². The number of primary amides is 1. The first-order valence-electron chi connectivity index (χ1n) is 7.71. The second-order valence-corrected chi connectivity index (χ2v) is 5.84. The zero-order valence-corrected chi connectivity index (χ0v) is 13.9. The zero-order valence-electron chi connectivity index (χ0n) is 13.9. The Morgan fingerprint density at radius 2 is 1.68 bits per heavy atom. The Bertz CT molecular complexity index is 983. The summed E-state index contributed by atoms with van der Waals surface area (Å²) in [5.74, 6) is -0.288. The van der Waals surface area contributed by atoms with Gasteiger partial charge in [0.05, 0.1) is 11.4 Å². The smallest absolute Gasteiger partial charge is 0.269 e.